The zero-order valence-electron chi connectivity index (χ0n) is 14.3. The third-order valence-electron chi connectivity index (χ3n) is 4.77. The molecule has 0 spiro atoms. The van der Waals surface area contributed by atoms with Crippen LogP contribution in [0.3, 0.4) is 0 Å². The number of benzene rings is 1. The fourth-order valence-corrected chi connectivity index (χ4v) is 3.21. The molecule has 1 saturated carbocycles. The molecule has 0 unspecified atom stereocenters. The van der Waals surface area contributed by atoms with Gasteiger partial charge in [-0.3, -0.25) is 9.59 Å². The quantitative estimate of drug-likeness (QED) is 0.826. The van der Waals surface area contributed by atoms with Crippen LogP contribution in [0, 0.1) is 17.7 Å². The maximum absolute atomic E-state index is 12.9. The summed E-state index contributed by atoms with van der Waals surface area (Å²) in [5.74, 6) is -1.14. The Morgan fingerprint density at radius 2 is 1.81 bits per heavy atom. The number of hydrogen-bond donors (Lipinski definition) is 2. The van der Waals surface area contributed by atoms with Crippen LogP contribution < -0.4 is 5.32 Å². The smallest absolute Gasteiger partial charge is 0.306 e. The summed E-state index contributed by atoms with van der Waals surface area (Å²) in [5.41, 5.74) is 1.40. The van der Waals surface area contributed by atoms with Crippen LogP contribution in [0.1, 0.15) is 31.4 Å². The second-order valence-corrected chi connectivity index (χ2v) is 6.58. The molecule has 3 rings (SSSR count). The van der Waals surface area contributed by atoms with Gasteiger partial charge in [0.15, 0.2) is 0 Å². The van der Waals surface area contributed by atoms with Gasteiger partial charge in [0.05, 0.1) is 11.6 Å². The van der Waals surface area contributed by atoms with Crippen LogP contribution >= 0.6 is 0 Å². The fourth-order valence-electron chi connectivity index (χ4n) is 3.21. The highest BCUT2D eigenvalue weighted by molar-refractivity contribution is 5.79. The standard InChI is InChI=1S/C19H21FN2O4/c20-15-7-5-13(6-8-15)18-22-16(11-26-18)9-10-21-17(23)12-1-3-14(4-2-12)19(24)25/h5-8,11-12,14H,1-4,9-10H2,(H,21,23)(H,24,25). The Kier molecular flexibility index (Phi) is 5.65. The number of halogens is 1. The molecule has 1 fully saturated rings. The van der Waals surface area contributed by atoms with Crippen molar-refractivity contribution in [1.82, 2.24) is 10.3 Å². The maximum Gasteiger partial charge on any atom is 0.306 e. The molecule has 0 saturated heterocycles. The van der Waals surface area contributed by atoms with E-state index >= 15 is 0 Å². The van der Waals surface area contributed by atoms with Gasteiger partial charge in [0.25, 0.3) is 0 Å². The summed E-state index contributed by atoms with van der Waals surface area (Å²) in [7, 11) is 0. The van der Waals surface area contributed by atoms with Gasteiger partial charge < -0.3 is 14.8 Å². The highest BCUT2D eigenvalue weighted by Gasteiger charge is 2.29. The predicted octanol–water partition coefficient (Wildman–Crippen LogP) is 3.03. The second kappa shape index (κ2) is 8.12. The second-order valence-electron chi connectivity index (χ2n) is 6.58. The van der Waals surface area contributed by atoms with E-state index in [4.69, 9.17) is 9.52 Å². The van der Waals surface area contributed by atoms with Crippen molar-refractivity contribution in [1.29, 1.82) is 0 Å². The highest BCUT2D eigenvalue weighted by Crippen LogP contribution is 2.29. The van der Waals surface area contributed by atoms with Crippen molar-refractivity contribution >= 4 is 11.9 Å². The Labute approximate surface area is 150 Å². The summed E-state index contributed by atoms with van der Waals surface area (Å²) in [6, 6.07) is 5.89. The van der Waals surface area contributed by atoms with Crippen LogP contribution in [-0.4, -0.2) is 28.5 Å². The monoisotopic (exact) mass is 360 g/mol. The summed E-state index contributed by atoms with van der Waals surface area (Å²) < 4.78 is 18.3. The fraction of sp³-hybridized carbons (Fsp3) is 0.421. The lowest BCUT2D eigenvalue weighted by Gasteiger charge is -2.25. The van der Waals surface area contributed by atoms with Crippen molar-refractivity contribution < 1.29 is 23.5 Å². The number of hydrogen-bond acceptors (Lipinski definition) is 4. The molecule has 1 aliphatic carbocycles. The van der Waals surface area contributed by atoms with Gasteiger partial charge in [-0.05, 0) is 49.9 Å². The Hall–Kier alpha value is -2.70. The summed E-state index contributed by atoms with van der Waals surface area (Å²) in [6.07, 6.45) is 4.39. The van der Waals surface area contributed by atoms with Gasteiger partial charge in [0.1, 0.15) is 12.1 Å². The van der Waals surface area contributed by atoms with E-state index in [0.29, 0.717) is 55.8 Å². The largest absolute Gasteiger partial charge is 0.481 e. The summed E-state index contributed by atoms with van der Waals surface area (Å²) in [6.45, 7) is 0.438. The van der Waals surface area contributed by atoms with Crippen LogP contribution in [0.2, 0.25) is 0 Å². The number of carbonyl (C=O) groups is 2. The zero-order chi connectivity index (χ0) is 18.5. The Bertz CT molecular complexity index is 764. The lowest BCUT2D eigenvalue weighted by atomic mass is 9.81. The van der Waals surface area contributed by atoms with E-state index in [1.807, 2.05) is 0 Å². The molecular weight excluding hydrogens is 339 g/mol. The summed E-state index contributed by atoms with van der Waals surface area (Å²) in [5, 5.41) is 11.9. The van der Waals surface area contributed by atoms with Crippen molar-refractivity contribution in [2.45, 2.75) is 32.1 Å². The average molecular weight is 360 g/mol. The molecule has 26 heavy (non-hydrogen) atoms. The van der Waals surface area contributed by atoms with Crippen LogP contribution in [0.4, 0.5) is 4.39 Å². The first-order valence-electron chi connectivity index (χ1n) is 8.74. The van der Waals surface area contributed by atoms with E-state index in [2.05, 4.69) is 10.3 Å². The molecule has 1 amide bonds. The number of carboxylic acid groups (broad SMARTS) is 1. The zero-order valence-corrected chi connectivity index (χ0v) is 14.3. The number of amides is 1. The minimum Gasteiger partial charge on any atom is -0.481 e. The van der Waals surface area contributed by atoms with E-state index in [0.717, 1.165) is 0 Å². The Morgan fingerprint density at radius 1 is 1.15 bits per heavy atom. The maximum atomic E-state index is 12.9. The van der Waals surface area contributed by atoms with Crippen molar-refractivity contribution in [2.24, 2.45) is 11.8 Å². The van der Waals surface area contributed by atoms with Crippen molar-refractivity contribution in [3.63, 3.8) is 0 Å². The number of rotatable bonds is 6. The van der Waals surface area contributed by atoms with Crippen LogP contribution in [-0.2, 0) is 16.0 Å². The number of nitrogens with zero attached hydrogens (tertiary/aromatic N) is 1. The molecule has 2 aromatic rings. The van der Waals surface area contributed by atoms with Gasteiger partial charge in [-0.15, -0.1) is 0 Å². The molecule has 0 atom stereocenters. The normalized spacial score (nSPS) is 19.9. The molecule has 0 aliphatic heterocycles. The lowest BCUT2D eigenvalue weighted by molar-refractivity contribution is -0.144. The van der Waals surface area contributed by atoms with Crippen molar-refractivity contribution in [3.05, 3.63) is 42.0 Å². The molecule has 1 aromatic carbocycles. The predicted molar refractivity (Wildman–Crippen MR) is 91.7 cm³/mol. The number of carboxylic acids is 1. The van der Waals surface area contributed by atoms with Crippen LogP contribution in [0.25, 0.3) is 11.5 Å². The molecule has 6 nitrogen and oxygen atoms in total. The lowest BCUT2D eigenvalue weighted by Crippen LogP contribution is -2.35. The van der Waals surface area contributed by atoms with Gasteiger partial charge in [0, 0.05) is 24.4 Å². The number of aromatic nitrogens is 1. The van der Waals surface area contributed by atoms with Crippen molar-refractivity contribution in [2.75, 3.05) is 6.54 Å². The first-order valence-corrected chi connectivity index (χ1v) is 8.74. The molecule has 1 heterocycles. The van der Waals surface area contributed by atoms with E-state index in [-0.39, 0.29) is 23.6 Å². The third kappa shape index (κ3) is 4.47. The number of carbonyl (C=O) groups excluding carboxylic acids is 1. The molecule has 2 N–H and O–H groups in total. The molecule has 1 aromatic heterocycles. The first-order chi connectivity index (χ1) is 12.5. The highest BCUT2D eigenvalue weighted by atomic mass is 19.1. The molecule has 0 bridgehead atoms. The number of oxazole rings is 1. The first kappa shape index (κ1) is 18.1. The van der Waals surface area contributed by atoms with Crippen LogP contribution in [0.5, 0.6) is 0 Å². The van der Waals surface area contributed by atoms with Gasteiger partial charge in [-0.2, -0.15) is 0 Å². The van der Waals surface area contributed by atoms with E-state index in [1.165, 1.54) is 18.4 Å². The van der Waals surface area contributed by atoms with Gasteiger partial charge in [-0.1, -0.05) is 0 Å². The topological polar surface area (TPSA) is 92.4 Å². The molecular formula is C19H21FN2O4. The van der Waals surface area contributed by atoms with Crippen molar-refractivity contribution in [3.8, 4) is 11.5 Å². The van der Waals surface area contributed by atoms with E-state index in [9.17, 15) is 14.0 Å². The number of aliphatic carboxylic acids is 1. The van der Waals surface area contributed by atoms with E-state index in [1.54, 1.807) is 12.1 Å². The van der Waals surface area contributed by atoms with E-state index < -0.39 is 5.97 Å². The Balaban J connectivity index is 1.44. The SMILES string of the molecule is O=C(O)C1CCC(C(=O)NCCc2coc(-c3ccc(F)cc3)n2)CC1. The molecule has 0 radical (unpaired) electrons. The summed E-state index contributed by atoms with van der Waals surface area (Å²) in [4.78, 5) is 27.5. The van der Waals surface area contributed by atoms with Gasteiger partial charge in [0.2, 0.25) is 11.8 Å². The minimum atomic E-state index is -0.771. The molecule has 138 valence electrons. The van der Waals surface area contributed by atoms with Crippen LogP contribution in [0.15, 0.2) is 34.9 Å². The Morgan fingerprint density at radius 3 is 2.46 bits per heavy atom. The van der Waals surface area contributed by atoms with Gasteiger partial charge in [-0.25, -0.2) is 9.37 Å². The third-order valence-corrected chi connectivity index (χ3v) is 4.77. The average Bonchev–Trinajstić information content (AvgIpc) is 3.11. The minimum absolute atomic E-state index is 0.0314. The number of nitrogens with one attached hydrogen (secondary N) is 1. The van der Waals surface area contributed by atoms with Gasteiger partial charge >= 0.3 is 5.97 Å². The molecule has 7 heteroatoms. The summed E-state index contributed by atoms with van der Waals surface area (Å²) >= 11 is 0. The molecule has 1 aliphatic rings.